The third-order valence-electron chi connectivity index (χ3n) is 4.76. The van der Waals surface area contributed by atoms with Crippen LogP contribution in [0.1, 0.15) is 13.8 Å². The molecule has 3 rings (SSSR count). The second-order valence-corrected chi connectivity index (χ2v) is 8.36. The Kier molecular flexibility index (Phi) is 6.09. The van der Waals surface area contributed by atoms with Gasteiger partial charge in [-0.3, -0.25) is 0 Å². The van der Waals surface area contributed by atoms with Crippen LogP contribution in [-0.4, -0.2) is 62.2 Å². The highest BCUT2D eigenvalue weighted by Crippen LogP contribution is 2.22. The molecule has 0 N–H and O–H groups in total. The van der Waals surface area contributed by atoms with Gasteiger partial charge in [-0.2, -0.15) is 4.31 Å². The summed E-state index contributed by atoms with van der Waals surface area (Å²) in [6.07, 6.45) is 0. The van der Waals surface area contributed by atoms with Crippen LogP contribution in [0.2, 0.25) is 0 Å². The van der Waals surface area contributed by atoms with E-state index in [2.05, 4.69) is 15.1 Å². The molecule has 1 aromatic carbocycles. The molecule has 0 bridgehead atoms. The first-order valence-corrected chi connectivity index (χ1v) is 10.6. The predicted molar refractivity (Wildman–Crippen MR) is 103 cm³/mol. The van der Waals surface area contributed by atoms with E-state index < -0.39 is 21.7 Å². The summed E-state index contributed by atoms with van der Waals surface area (Å²) in [7, 11) is -3.95. The minimum absolute atomic E-state index is 0.194. The van der Waals surface area contributed by atoms with Crippen molar-refractivity contribution in [1.29, 1.82) is 0 Å². The number of aromatic nitrogens is 2. The Morgan fingerprint density at radius 1 is 0.964 bits per heavy atom. The van der Waals surface area contributed by atoms with Gasteiger partial charge < -0.3 is 9.80 Å². The van der Waals surface area contributed by atoms with E-state index >= 15 is 0 Å². The molecule has 0 unspecified atom stereocenters. The molecule has 0 aliphatic carbocycles. The quantitative estimate of drug-likeness (QED) is 0.725. The van der Waals surface area contributed by atoms with Crippen LogP contribution < -0.4 is 9.80 Å². The molecule has 28 heavy (non-hydrogen) atoms. The monoisotopic (exact) mass is 411 g/mol. The Balaban J connectivity index is 1.68. The highest BCUT2D eigenvalue weighted by atomic mass is 32.2. The number of hydrogen-bond acceptors (Lipinski definition) is 6. The molecule has 0 saturated carbocycles. The number of halogens is 2. The maximum absolute atomic E-state index is 13.4. The number of rotatable bonds is 6. The van der Waals surface area contributed by atoms with Crippen molar-refractivity contribution in [3.63, 3.8) is 0 Å². The van der Waals surface area contributed by atoms with E-state index in [1.807, 2.05) is 30.9 Å². The first kappa shape index (κ1) is 20.4. The minimum atomic E-state index is -3.95. The standard InChI is InChI=1S/C18H23F2N5O2S/c1-3-23(4-2)17-5-6-18(22-21-17)24-7-9-25(10-8-24)28(26,27)16-12-14(19)11-15(20)13-16/h5-6,11-13H,3-4,7-10H2,1-2H3. The summed E-state index contributed by atoms with van der Waals surface area (Å²) in [5.41, 5.74) is 0. The van der Waals surface area contributed by atoms with E-state index in [9.17, 15) is 17.2 Å². The Morgan fingerprint density at radius 2 is 1.57 bits per heavy atom. The second kappa shape index (κ2) is 8.36. The number of anilines is 2. The molecule has 0 atom stereocenters. The van der Waals surface area contributed by atoms with Crippen LogP contribution in [-0.2, 0) is 10.0 Å². The van der Waals surface area contributed by atoms with Crippen molar-refractivity contribution in [2.75, 3.05) is 49.1 Å². The average Bonchev–Trinajstić information content (AvgIpc) is 2.69. The van der Waals surface area contributed by atoms with Crippen molar-refractivity contribution in [3.05, 3.63) is 42.0 Å². The van der Waals surface area contributed by atoms with Crippen molar-refractivity contribution in [2.24, 2.45) is 0 Å². The average molecular weight is 411 g/mol. The largest absolute Gasteiger partial charge is 0.356 e. The molecule has 1 aromatic heterocycles. The molecule has 10 heteroatoms. The number of hydrogen-bond donors (Lipinski definition) is 0. The molecule has 2 heterocycles. The molecular formula is C18H23F2N5O2S. The molecule has 1 aliphatic rings. The molecular weight excluding hydrogens is 388 g/mol. The lowest BCUT2D eigenvalue weighted by Crippen LogP contribution is -2.49. The van der Waals surface area contributed by atoms with Crippen molar-refractivity contribution in [2.45, 2.75) is 18.7 Å². The van der Waals surface area contributed by atoms with E-state index in [-0.39, 0.29) is 18.0 Å². The van der Waals surface area contributed by atoms with Crippen LogP contribution in [0.5, 0.6) is 0 Å². The summed E-state index contributed by atoms with van der Waals surface area (Å²) in [6, 6.07) is 6.09. The fourth-order valence-corrected chi connectivity index (χ4v) is 4.65. The minimum Gasteiger partial charge on any atom is -0.356 e. The van der Waals surface area contributed by atoms with Gasteiger partial charge in [-0.25, -0.2) is 17.2 Å². The summed E-state index contributed by atoms with van der Waals surface area (Å²) in [6.45, 7) is 6.97. The van der Waals surface area contributed by atoms with Crippen LogP contribution in [0.25, 0.3) is 0 Å². The smallest absolute Gasteiger partial charge is 0.243 e. The Labute approximate surface area is 163 Å². The van der Waals surface area contributed by atoms with E-state index in [1.165, 1.54) is 4.31 Å². The van der Waals surface area contributed by atoms with Crippen LogP contribution >= 0.6 is 0 Å². The van der Waals surface area contributed by atoms with Crippen LogP contribution in [0.3, 0.4) is 0 Å². The van der Waals surface area contributed by atoms with Gasteiger partial charge in [-0.05, 0) is 38.1 Å². The second-order valence-electron chi connectivity index (χ2n) is 6.42. The molecule has 1 saturated heterocycles. The number of sulfonamides is 1. The van der Waals surface area contributed by atoms with Gasteiger partial charge in [0.15, 0.2) is 11.6 Å². The van der Waals surface area contributed by atoms with Gasteiger partial charge in [-0.15, -0.1) is 10.2 Å². The van der Waals surface area contributed by atoms with E-state index in [1.54, 1.807) is 0 Å². The van der Waals surface area contributed by atoms with Crippen LogP contribution in [0, 0.1) is 11.6 Å². The molecule has 7 nitrogen and oxygen atoms in total. The van der Waals surface area contributed by atoms with Gasteiger partial charge >= 0.3 is 0 Å². The fraction of sp³-hybridized carbons (Fsp3) is 0.444. The Bertz CT molecular complexity index is 892. The maximum atomic E-state index is 13.4. The lowest BCUT2D eigenvalue weighted by molar-refractivity contribution is 0.383. The molecule has 2 aromatic rings. The Morgan fingerprint density at radius 3 is 2.07 bits per heavy atom. The zero-order valence-electron chi connectivity index (χ0n) is 15.8. The summed E-state index contributed by atoms with van der Waals surface area (Å²) in [5.74, 6) is -0.366. The third kappa shape index (κ3) is 4.22. The topological polar surface area (TPSA) is 69.6 Å². The van der Waals surface area contributed by atoms with Gasteiger partial charge in [0.1, 0.15) is 11.6 Å². The first-order valence-electron chi connectivity index (χ1n) is 9.15. The number of benzene rings is 1. The molecule has 1 aliphatic heterocycles. The molecule has 1 fully saturated rings. The molecule has 0 spiro atoms. The van der Waals surface area contributed by atoms with E-state index in [4.69, 9.17) is 0 Å². The molecule has 0 radical (unpaired) electrons. The van der Waals surface area contributed by atoms with Crippen LogP contribution in [0.15, 0.2) is 35.2 Å². The summed E-state index contributed by atoms with van der Waals surface area (Å²) < 4.78 is 53.4. The van der Waals surface area contributed by atoms with Gasteiger partial charge in [0, 0.05) is 45.3 Å². The van der Waals surface area contributed by atoms with Crippen molar-refractivity contribution >= 4 is 21.7 Å². The van der Waals surface area contributed by atoms with Gasteiger partial charge in [-0.1, -0.05) is 0 Å². The zero-order chi connectivity index (χ0) is 20.3. The highest BCUT2D eigenvalue weighted by Gasteiger charge is 2.29. The number of nitrogens with zero attached hydrogens (tertiary/aromatic N) is 5. The fourth-order valence-electron chi connectivity index (χ4n) is 3.19. The van der Waals surface area contributed by atoms with Crippen molar-refractivity contribution in [1.82, 2.24) is 14.5 Å². The lowest BCUT2D eigenvalue weighted by Gasteiger charge is -2.34. The summed E-state index contributed by atoms with van der Waals surface area (Å²) in [5, 5.41) is 8.50. The maximum Gasteiger partial charge on any atom is 0.243 e. The van der Waals surface area contributed by atoms with Crippen molar-refractivity contribution < 1.29 is 17.2 Å². The van der Waals surface area contributed by atoms with Crippen molar-refractivity contribution in [3.8, 4) is 0 Å². The zero-order valence-corrected chi connectivity index (χ0v) is 16.7. The van der Waals surface area contributed by atoms with Gasteiger partial charge in [0.05, 0.1) is 4.90 Å². The predicted octanol–water partition coefficient (Wildman–Crippen LogP) is 2.11. The highest BCUT2D eigenvalue weighted by molar-refractivity contribution is 7.89. The SMILES string of the molecule is CCN(CC)c1ccc(N2CCN(S(=O)(=O)c3cc(F)cc(F)c3)CC2)nn1. The van der Waals surface area contributed by atoms with E-state index in [0.29, 0.717) is 25.0 Å². The third-order valence-corrected chi connectivity index (χ3v) is 6.64. The number of piperazine rings is 1. The Hall–Kier alpha value is -2.33. The lowest BCUT2D eigenvalue weighted by atomic mass is 10.3. The van der Waals surface area contributed by atoms with Crippen LogP contribution in [0.4, 0.5) is 20.4 Å². The summed E-state index contributed by atoms with van der Waals surface area (Å²) in [4.78, 5) is 3.65. The first-order chi connectivity index (χ1) is 13.3. The molecule has 0 amide bonds. The normalized spacial score (nSPS) is 15.6. The van der Waals surface area contributed by atoms with Gasteiger partial charge in [0.2, 0.25) is 10.0 Å². The van der Waals surface area contributed by atoms with E-state index in [0.717, 1.165) is 31.0 Å². The van der Waals surface area contributed by atoms with Gasteiger partial charge in [0.25, 0.3) is 0 Å². The summed E-state index contributed by atoms with van der Waals surface area (Å²) >= 11 is 0. The molecule has 152 valence electrons.